The summed E-state index contributed by atoms with van der Waals surface area (Å²) in [6.07, 6.45) is 7.13. The van der Waals surface area contributed by atoms with Crippen molar-refractivity contribution in [1.29, 1.82) is 0 Å². The molecule has 1 spiro atoms. The molecular weight excluding hydrogens is 166 g/mol. The van der Waals surface area contributed by atoms with E-state index >= 15 is 0 Å². The van der Waals surface area contributed by atoms with E-state index in [1.165, 1.54) is 44.4 Å². The molecule has 0 radical (unpaired) electrons. The van der Waals surface area contributed by atoms with Crippen molar-refractivity contribution < 1.29 is 0 Å². The van der Waals surface area contributed by atoms with Gasteiger partial charge in [-0.05, 0) is 18.8 Å². The Kier molecular flexibility index (Phi) is 2.66. The largest absolute Gasteiger partial charge is 0.302 e. The third-order valence-electron chi connectivity index (χ3n) is 3.39. The van der Waals surface area contributed by atoms with Crippen LogP contribution in [-0.4, -0.2) is 17.2 Å². The summed E-state index contributed by atoms with van der Waals surface area (Å²) in [5.74, 6) is 2.27. The van der Waals surface area contributed by atoms with Crippen molar-refractivity contribution in [2.75, 3.05) is 12.3 Å². The van der Waals surface area contributed by atoms with Crippen molar-refractivity contribution >= 4 is 11.8 Å². The molecule has 2 unspecified atom stereocenters. The minimum absolute atomic E-state index is 0.507. The molecule has 1 heterocycles. The SMILES string of the molecule is CCC1CCCCC12NCCS2. The molecule has 0 aromatic heterocycles. The first kappa shape index (κ1) is 8.89. The lowest BCUT2D eigenvalue weighted by Gasteiger charge is -2.40. The summed E-state index contributed by atoms with van der Waals surface area (Å²) in [4.78, 5) is 0.507. The highest BCUT2D eigenvalue weighted by Gasteiger charge is 2.42. The quantitative estimate of drug-likeness (QED) is 0.674. The van der Waals surface area contributed by atoms with Gasteiger partial charge in [0.05, 0.1) is 4.87 Å². The number of thioether (sulfide) groups is 1. The number of nitrogens with one attached hydrogen (secondary N) is 1. The molecule has 0 amide bonds. The van der Waals surface area contributed by atoms with E-state index in [-0.39, 0.29) is 0 Å². The third kappa shape index (κ3) is 1.39. The second-order valence-corrected chi connectivity index (χ2v) is 5.44. The fraction of sp³-hybridized carbons (Fsp3) is 1.00. The highest BCUT2D eigenvalue weighted by Crippen LogP contribution is 2.45. The van der Waals surface area contributed by atoms with Gasteiger partial charge in [-0.3, -0.25) is 0 Å². The minimum Gasteiger partial charge on any atom is -0.302 e. The van der Waals surface area contributed by atoms with E-state index in [4.69, 9.17) is 0 Å². The van der Waals surface area contributed by atoms with Crippen LogP contribution in [0, 0.1) is 5.92 Å². The maximum atomic E-state index is 3.74. The molecule has 0 aromatic carbocycles. The lowest BCUT2D eigenvalue weighted by atomic mass is 9.82. The molecule has 1 nitrogen and oxygen atoms in total. The van der Waals surface area contributed by atoms with E-state index in [1.54, 1.807) is 0 Å². The van der Waals surface area contributed by atoms with E-state index in [9.17, 15) is 0 Å². The molecule has 70 valence electrons. The Morgan fingerprint density at radius 3 is 3.08 bits per heavy atom. The first-order valence-electron chi connectivity index (χ1n) is 5.26. The molecule has 0 aromatic rings. The van der Waals surface area contributed by atoms with E-state index in [1.807, 2.05) is 0 Å². The van der Waals surface area contributed by atoms with Crippen LogP contribution in [-0.2, 0) is 0 Å². The zero-order valence-electron chi connectivity index (χ0n) is 7.94. The molecule has 1 N–H and O–H groups in total. The van der Waals surface area contributed by atoms with Crippen molar-refractivity contribution in [1.82, 2.24) is 5.32 Å². The highest BCUT2D eigenvalue weighted by atomic mass is 32.2. The number of rotatable bonds is 1. The Balaban J connectivity index is 2.07. The molecule has 0 bridgehead atoms. The standard InChI is InChI=1S/C10H19NS/c1-2-9-5-3-4-6-10(9)11-7-8-12-10/h9,11H,2-8H2,1H3. The lowest BCUT2D eigenvalue weighted by molar-refractivity contribution is 0.237. The summed E-state index contributed by atoms with van der Waals surface area (Å²) in [6.45, 7) is 3.58. The van der Waals surface area contributed by atoms with Gasteiger partial charge in [-0.1, -0.05) is 26.2 Å². The van der Waals surface area contributed by atoms with E-state index in [2.05, 4.69) is 24.0 Å². The first-order valence-corrected chi connectivity index (χ1v) is 6.25. The molecule has 1 aliphatic heterocycles. The van der Waals surface area contributed by atoms with Gasteiger partial charge in [0.1, 0.15) is 0 Å². The molecule has 1 aliphatic carbocycles. The minimum atomic E-state index is 0.507. The van der Waals surface area contributed by atoms with Crippen LogP contribution in [0.2, 0.25) is 0 Å². The van der Waals surface area contributed by atoms with Crippen LogP contribution in [0.4, 0.5) is 0 Å². The highest BCUT2D eigenvalue weighted by molar-refractivity contribution is 8.00. The topological polar surface area (TPSA) is 12.0 Å². The number of hydrogen-bond acceptors (Lipinski definition) is 2. The van der Waals surface area contributed by atoms with Crippen molar-refractivity contribution in [3.05, 3.63) is 0 Å². The monoisotopic (exact) mass is 185 g/mol. The van der Waals surface area contributed by atoms with Crippen molar-refractivity contribution in [2.45, 2.75) is 43.9 Å². The molecule has 1 saturated carbocycles. The van der Waals surface area contributed by atoms with Crippen LogP contribution in [0.25, 0.3) is 0 Å². The maximum absolute atomic E-state index is 3.74. The van der Waals surface area contributed by atoms with Crippen LogP contribution >= 0.6 is 11.8 Å². The predicted octanol–water partition coefficient (Wildman–Crippen LogP) is 2.62. The molecule has 2 fully saturated rings. The Hall–Kier alpha value is 0.310. The van der Waals surface area contributed by atoms with Crippen LogP contribution in [0.5, 0.6) is 0 Å². The van der Waals surface area contributed by atoms with Gasteiger partial charge in [-0.15, -0.1) is 11.8 Å². The Morgan fingerprint density at radius 1 is 1.50 bits per heavy atom. The zero-order chi connectivity index (χ0) is 8.44. The fourth-order valence-electron chi connectivity index (χ4n) is 2.72. The predicted molar refractivity (Wildman–Crippen MR) is 55.4 cm³/mol. The van der Waals surface area contributed by atoms with Crippen LogP contribution in [0.1, 0.15) is 39.0 Å². The normalized spacial score (nSPS) is 42.2. The van der Waals surface area contributed by atoms with Gasteiger partial charge in [0.15, 0.2) is 0 Å². The van der Waals surface area contributed by atoms with E-state index in [0.29, 0.717) is 4.87 Å². The van der Waals surface area contributed by atoms with Crippen LogP contribution in [0.15, 0.2) is 0 Å². The summed E-state index contributed by atoms with van der Waals surface area (Å²) in [5, 5.41) is 3.74. The average Bonchev–Trinajstić information content (AvgIpc) is 2.55. The van der Waals surface area contributed by atoms with Gasteiger partial charge in [0, 0.05) is 12.3 Å². The van der Waals surface area contributed by atoms with Crippen molar-refractivity contribution in [3.8, 4) is 0 Å². The zero-order valence-corrected chi connectivity index (χ0v) is 8.75. The summed E-state index contributed by atoms with van der Waals surface area (Å²) in [5.41, 5.74) is 0. The van der Waals surface area contributed by atoms with Gasteiger partial charge in [0.2, 0.25) is 0 Å². The maximum Gasteiger partial charge on any atom is 0.0674 e. The molecule has 2 atom stereocenters. The Labute approximate surface area is 79.7 Å². The summed E-state index contributed by atoms with van der Waals surface area (Å²) in [6, 6.07) is 0. The first-order chi connectivity index (χ1) is 5.87. The average molecular weight is 185 g/mol. The van der Waals surface area contributed by atoms with Crippen molar-refractivity contribution in [2.24, 2.45) is 5.92 Å². The summed E-state index contributed by atoms with van der Waals surface area (Å²) >= 11 is 2.19. The lowest BCUT2D eigenvalue weighted by Crippen LogP contribution is -2.46. The molecule has 12 heavy (non-hydrogen) atoms. The molecular formula is C10H19NS. The van der Waals surface area contributed by atoms with Crippen LogP contribution in [0.3, 0.4) is 0 Å². The number of hydrogen-bond donors (Lipinski definition) is 1. The van der Waals surface area contributed by atoms with Crippen LogP contribution < -0.4 is 5.32 Å². The Bertz CT molecular complexity index is 152. The second-order valence-electron chi connectivity index (χ2n) is 4.02. The van der Waals surface area contributed by atoms with Crippen molar-refractivity contribution in [3.63, 3.8) is 0 Å². The smallest absolute Gasteiger partial charge is 0.0674 e. The fourth-order valence-corrected chi connectivity index (χ4v) is 4.30. The van der Waals surface area contributed by atoms with Gasteiger partial charge in [-0.25, -0.2) is 0 Å². The Morgan fingerprint density at radius 2 is 2.42 bits per heavy atom. The van der Waals surface area contributed by atoms with E-state index in [0.717, 1.165) is 5.92 Å². The molecule has 2 aliphatic rings. The van der Waals surface area contributed by atoms with Gasteiger partial charge in [0.25, 0.3) is 0 Å². The molecule has 1 saturated heterocycles. The third-order valence-corrected chi connectivity index (χ3v) is 4.99. The summed E-state index contributed by atoms with van der Waals surface area (Å²) in [7, 11) is 0. The second kappa shape index (κ2) is 3.59. The summed E-state index contributed by atoms with van der Waals surface area (Å²) < 4.78 is 0. The van der Waals surface area contributed by atoms with E-state index < -0.39 is 0 Å². The van der Waals surface area contributed by atoms with Gasteiger partial charge < -0.3 is 5.32 Å². The van der Waals surface area contributed by atoms with Gasteiger partial charge in [-0.2, -0.15) is 0 Å². The molecule has 2 heteroatoms. The molecule has 2 rings (SSSR count). The van der Waals surface area contributed by atoms with Gasteiger partial charge >= 0.3 is 0 Å².